The molecule has 0 N–H and O–H groups in total. The Morgan fingerprint density at radius 1 is 1.00 bits per heavy atom. The third-order valence-corrected chi connectivity index (χ3v) is 5.24. The molecule has 0 unspecified atom stereocenters. The molecule has 0 aromatic carbocycles. The average Bonchev–Trinajstić information content (AvgIpc) is 3.35. The fraction of sp³-hybridized carbons (Fsp3) is 0.318. The Bertz CT molecular complexity index is 1090. The minimum absolute atomic E-state index is 0.0153. The van der Waals surface area contributed by atoms with Gasteiger partial charge in [-0.15, -0.1) is 0 Å². The molecule has 0 saturated carbocycles. The summed E-state index contributed by atoms with van der Waals surface area (Å²) in [4.78, 5) is 44.5. The van der Waals surface area contributed by atoms with Crippen molar-refractivity contribution in [2.45, 2.75) is 19.4 Å². The molecule has 9 heteroatoms. The largest absolute Gasteiger partial charge is 0.459 e. The van der Waals surface area contributed by atoms with Crippen LogP contribution in [0.25, 0.3) is 11.3 Å². The van der Waals surface area contributed by atoms with Crippen molar-refractivity contribution in [2.24, 2.45) is 0 Å². The van der Waals surface area contributed by atoms with Crippen molar-refractivity contribution < 1.29 is 14.0 Å². The first kappa shape index (κ1) is 20.5. The Morgan fingerprint density at radius 2 is 1.81 bits per heavy atom. The van der Waals surface area contributed by atoms with E-state index in [2.05, 4.69) is 10.1 Å². The van der Waals surface area contributed by atoms with Crippen molar-refractivity contribution in [3.05, 3.63) is 71.2 Å². The zero-order chi connectivity index (χ0) is 21.6. The van der Waals surface area contributed by atoms with E-state index in [-0.39, 0.29) is 17.4 Å². The van der Waals surface area contributed by atoms with Gasteiger partial charge in [0.15, 0.2) is 5.76 Å². The van der Waals surface area contributed by atoms with Gasteiger partial charge in [-0.25, -0.2) is 4.68 Å². The molecule has 3 aromatic heterocycles. The van der Waals surface area contributed by atoms with Crippen molar-refractivity contribution >= 4 is 11.8 Å². The summed E-state index contributed by atoms with van der Waals surface area (Å²) >= 11 is 0. The summed E-state index contributed by atoms with van der Waals surface area (Å²) in [5.41, 5.74) is 1.29. The van der Waals surface area contributed by atoms with Gasteiger partial charge in [0.2, 0.25) is 5.91 Å². The molecule has 0 aliphatic carbocycles. The van der Waals surface area contributed by atoms with Crippen molar-refractivity contribution in [1.82, 2.24) is 24.6 Å². The highest BCUT2D eigenvalue weighted by atomic mass is 16.3. The van der Waals surface area contributed by atoms with Crippen LogP contribution in [0, 0.1) is 0 Å². The lowest BCUT2D eigenvalue weighted by atomic mass is 10.2. The van der Waals surface area contributed by atoms with Gasteiger partial charge >= 0.3 is 0 Å². The number of piperazine rings is 1. The van der Waals surface area contributed by atoms with E-state index < -0.39 is 0 Å². The van der Waals surface area contributed by atoms with Crippen LogP contribution in [0.3, 0.4) is 0 Å². The predicted molar refractivity (Wildman–Crippen MR) is 112 cm³/mol. The molecule has 4 heterocycles. The van der Waals surface area contributed by atoms with Gasteiger partial charge in [-0.05, 0) is 36.8 Å². The number of rotatable bonds is 6. The fourth-order valence-corrected chi connectivity index (χ4v) is 3.53. The molecule has 1 aliphatic heterocycles. The maximum absolute atomic E-state index is 12.6. The van der Waals surface area contributed by atoms with Gasteiger partial charge in [-0.1, -0.05) is 0 Å². The summed E-state index contributed by atoms with van der Waals surface area (Å²) in [6.07, 6.45) is 5.67. The second-order valence-electron chi connectivity index (χ2n) is 7.28. The molecule has 1 fully saturated rings. The SMILES string of the molecule is O=C(CCCn1nc(-c2cccnc2)ccc1=O)N1CCN(C(=O)c2ccco2)CC1. The first-order valence-electron chi connectivity index (χ1n) is 10.2. The maximum atomic E-state index is 12.6. The molecular formula is C22H23N5O4. The second-order valence-corrected chi connectivity index (χ2v) is 7.28. The van der Waals surface area contributed by atoms with E-state index in [1.807, 2.05) is 12.1 Å². The Hall–Kier alpha value is -3.75. The first-order valence-corrected chi connectivity index (χ1v) is 10.2. The number of pyridine rings is 1. The summed E-state index contributed by atoms with van der Waals surface area (Å²) in [5, 5.41) is 4.39. The summed E-state index contributed by atoms with van der Waals surface area (Å²) in [6, 6.07) is 10.2. The number of hydrogen-bond donors (Lipinski definition) is 0. The Labute approximate surface area is 178 Å². The molecular weight excluding hydrogens is 398 g/mol. The van der Waals surface area contributed by atoms with Crippen LogP contribution in [-0.2, 0) is 11.3 Å². The number of aryl methyl sites for hydroxylation is 1. The molecule has 1 aliphatic rings. The van der Waals surface area contributed by atoms with Crippen LogP contribution in [0.2, 0.25) is 0 Å². The van der Waals surface area contributed by atoms with Gasteiger partial charge in [0.25, 0.3) is 11.5 Å². The maximum Gasteiger partial charge on any atom is 0.289 e. The number of aromatic nitrogens is 3. The lowest BCUT2D eigenvalue weighted by Gasteiger charge is -2.34. The Balaban J connectivity index is 1.27. The topological polar surface area (TPSA) is 102 Å². The quantitative estimate of drug-likeness (QED) is 0.600. The summed E-state index contributed by atoms with van der Waals surface area (Å²) < 4.78 is 6.54. The molecule has 0 bridgehead atoms. The number of nitrogens with zero attached hydrogens (tertiary/aromatic N) is 5. The van der Waals surface area contributed by atoms with E-state index >= 15 is 0 Å². The van der Waals surface area contributed by atoms with Crippen molar-refractivity contribution in [2.75, 3.05) is 26.2 Å². The van der Waals surface area contributed by atoms with Crippen molar-refractivity contribution in [3.63, 3.8) is 0 Å². The lowest BCUT2D eigenvalue weighted by molar-refractivity contribution is -0.132. The number of carbonyl (C=O) groups is 2. The van der Waals surface area contributed by atoms with E-state index in [9.17, 15) is 14.4 Å². The van der Waals surface area contributed by atoms with Gasteiger partial charge in [0.1, 0.15) is 0 Å². The van der Waals surface area contributed by atoms with Crippen LogP contribution in [0.4, 0.5) is 0 Å². The summed E-state index contributed by atoms with van der Waals surface area (Å²) in [7, 11) is 0. The van der Waals surface area contributed by atoms with Gasteiger partial charge in [0.05, 0.1) is 12.0 Å². The van der Waals surface area contributed by atoms with Crippen LogP contribution in [0.5, 0.6) is 0 Å². The zero-order valence-electron chi connectivity index (χ0n) is 17.0. The lowest BCUT2D eigenvalue weighted by Crippen LogP contribution is -2.50. The van der Waals surface area contributed by atoms with Gasteiger partial charge in [-0.3, -0.25) is 19.4 Å². The first-order chi connectivity index (χ1) is 15.1. The normalized spacial score (nSPS) is 13.9. The zero-order valence-corrected chi connectivity index (χ0v) is 17.0. The molecule has 3 aromatic rings. The van der Waals surface area contributed by atoms with E-state index in [0.29, 0.717) is 57.0 Å². The Morgan fingerprint density at radius 3 is 2.52 bits per heavy atom. The van der Waals surface area contributed by atoms with Gasteiger partial charge in [0, 0.05) is 63.2 Å². The summed E-state index contributed by atoms with van der Waals surface area (Å²) in [6.45, 7) is 2.27. The smallest absolute Gasteiger partial charge is 0.289 e. The predicted octanol–water partition coefficient (Wildman–Crippen LogP) is 1.66. The van der Waals surface area contributed by atoms with Gasteiger partial charge < -0.3 is 14.2 Å². The van der Waals surface area contributed by atoms with E-state index in [0.717, 1.165) is 5.56 Å². The third kappa shape index (κ3) is 4.88. The molecule has 4 rings (SSSR count). The molecule has 0 atom stereocenters. The van der Waals surface area contributed by atoms with E-state index in [4.69, 9.17) is 4.42 Å². The average molecular weight is 421 g/mol. The molecule has 160 valence electrons. The van der Waals surface area contributed by atoms with Crippen molar-refractivity contribution in [1.29, 1.82) is 0 Å². The highest BCUT2D eigenvalue weighted by Gasteiger charge is 2.25. The monoisotopic (exact) mass is 421 g/mol. The number of carbonyl (C=O) groups excluding carboxylic acids is 2. The molecule has 2 amide bonds. The molecule has 1 saturated heterocycles. The number of hydrogen-bond acceptors (Lipinski definition) is 6. The number of furan rings is 1. The molecule has 0 radical (unpaired) electrons. The van der Waals surface area contributed by atoms with E-state index in [1.54, 1.807) is 40.4 Å². The minimum atomic E-state index is -0.204. The highest BCUT2D eigenvalue weighted by molar-refractivity contribution is 5.91. The van der Waals surface area contributed by atoms with E-state index in [1.165, 1.54) is 17.0 Å². The molecule has 9 nitrogen and oxygen atoms in total. The standard InChI is InChI=1S/C22H23N5O4/c28-20(25-11-13-26(14-12-25)22(30)19-5-3-15-31-19)6-2-10-27-21(29)8-7-18(24-27)17-4-1-9-23-16-17/h1,3-5,7-9,15-16H,2,6,10-14H2. The highest BCUT2D eigenvalue weighted by Crippen LogP contribution is 2.13. The van der Waals surface area contributed by atoms with Crippen LogP contribution < -0.4 is 5.56 Å². The van der Waals surface area contributed by atoms with Crippen LogP contribution in [0.1, 0.15) is 23.4 Å². The fourth-order valence-electron chi connectivity index (χ4n) is 3.53. The van der Waals surface area contributed by atoms with Crippen LogP contribution in [-0.4, -0.2) is 62.6 Å². The molecule has 0 spiro atoms. The second kappa shape index (κ2) is 9.38. The van der Waals surface area contributed by atoms with Gasteiger partial charge in [-0.2, -0.15) is 5.10 Å². The third-order valence-electron chi connectivity index (χ3n) is 5.24. The van der Waals surface area contributed by atoms with Crippen molar-refractivity contribution in [3.8, 4) is 11.3 Å². The minimum Gasteiger partial charge on any atom is -0.459 e. The molecule has 31 heavy (non-hydrogen) atoms. The van der Waals surface area contributed by atoms with Crippen LogP contribution in [0.15, 0.2) is 64.3 Å². The Kier molecular flexibility index (Phi) is 6.21. The number of amides is 2. The summed E-state index contributed by atoms with van der Waals surface area (Å²) in [5.74, 6) is 0.170. The van der Waals surface area contributed by atoms with Crippen LogP contribution >= 0.6 is 0 Å².